The molecule has 0 amide bonds. The van der Waals surface area contributed by atoms with Gasteiger partial charge in [-0.05, 0) is 44.4 Å². The maximum Gasteiger partial charge on any atom is 0.178 e. The molecular formula is C21H28N4O3S. The lowest BCUT2D eigenvalue weighted by molar-refractivity contribution is 0.199. The van der Waals surface area contributed by atoms with E-state index in [4.69, 9.17) is 15.5 Å². The molecular weight excluding hydrogens is 388 g/mol. The largest absolute Gasteiger partial charge is 0.384 e. The molecule has 0 saturated carbocycles. The summed E-state index contributed by atoms with van der Waals surface area (Å²) in [4.78, 5) is 9.47. The first-order valence-corrected chi connectivity index (χ1v) is 11.4. The number of hydrogen-bond acceptors (Lipinski definition) is 6. The third kappa shape index (κ3) is 4.59. The molecule has 0 aliphatic heterocycles. The van der Waals surface area contributed by atoms with Crippen molar-refractivity contribution < 1.29 is 13.2 Å². The normalized spacial score (nSPS) is 12.0. The monoisotopic (exact) mass is 416 g/mol. The molecule has 8 heteroatoms. The van der Waals surface area contributed by atoms with Gasteiger partial charge in [0.25, 0.3) is 0 Å². The first kappa shape index (κ1) is 21.3. The average molecular weight is 417 g/mol. The standard InChI is InChI=1S/C21H28N4O3S/c1-15-16(2)23-21(22)19-20(15)25(18(24-19)11-13-28-3)12-7-8-14-29(26,27)17-9-5-4-6-10-17/h4-6,9-10H,7-8,11-14H2,1-3H3,(H2,22,23). The molecule has 0 fully saturated rings. The van der Waals surface area contributed by atoms with E-state index in [2.05, 4.69) is 9.55 Å². The van der Waals surface area contributed by atoms with Crippen molar-refractivity contribution in [2.45, 2.75) is 44.6 Å². The Morgan fingerprint density at radius 2 is 1.83 bits per heavy atom. The van der Waals surface area contributed by atoms with Crippen LogP contribution in [0.5, 0.6) is 0 Å². The average Bonchev–Trinajstić information content (AvgIpc) is 3.07. The van der Waals surface area contributed by atoms with Crippen LogP contribution in [0.2, 0.25) is 0 Å². The van der Waals surface area contributed by atoms with Crippen molar-refractivity contribution >= 4 is 26.7 Å². The molecule has 156 valence electrons. The van der Waals surface area contributed by atoms with E-state index in [1.165, 1.54) is 0 Å². The Kier molecular flexibility index (Phi) is 6.54. The molecule has 29 heavy (non-hydrogen) atoms. The molecule has 0 unspecified atom stereocenters. The van der Waals surface area contributed by atoms with Crippen LogP contribution in [0.1, 0.15) is 29.9 Å². The fourth-order valence-corrected chi connectivity index (χ4v) is 4.87. The number of aromatic nitrogens is 3. The molecule has 2 N–H and O–H groups in total. The first-order chi connectivity index (χ1) is 13.8. The molecule has 1 aromatic carbocycles. The van der Waals surface area contributed by atoms with E-state index in [0.717, 1.165) is 29.0 Å². The van der Waals surface area contributed by atoms with Gasteiger partial charge in [-0.25, -0.2) is 18.4 Å². The quantitative estimate of drug-likeness (QED) is 0.538. The Bertz CT molecular complexity index is 1090. The Balaban J connectivity index is 1.80. The predicted octanol–water partition coefficient (Wildman–Crippen LogP) is 3.07. The topological polar surface area (TPSA) is 100 Å². The molecule has 0 saturated heterocycles. The summed E-state index contributed by atoms with van der Waals surface area (Å²) in [6.07, 6.45) is 1.95. The molecule has 0 bridgehead atoms. The number of unbranched alkanes of at least 4 members (excludes halogenated alkanes) is 1. The minimum atomic E-state index is -3.26. The van der Waals surface area contributed by atoms with Gasteiger partial charge in [-0.2, -0.15) is 0 Å². The summed E-state index contributed by atoms with van der Waals surface area (Å²) in [5.74, 6) is 1.43. The van der Waals surface area contributed by atoms with E-state index in [1.54, 1.807) is 31.4 Å². The highest BCUT2D eigenvalue weighted by atomic mass is 32.2. The number of aryl methyl sites for hydroxylation is 3. The van der Waals surface area contributed by atoms with E-state index in [1.807, 2.05) is 19.9 Å². The number of anilines is 1. The number of pyridine rings is 1. The molecule has 0 aliphatic carbocycles. The number of ether oxygens (including phenoxy) is 1. The van der Waals surface area contributed by atoms with Gasteiger partial charge < -0.3 is 15.0 Å². The van der Waals surface area contributed by atoms with Gasteiger partial charge in [-0.1, -0.05) is 18.2 Å². The summed E-state index contributed by atoms with van der Waals surface area (Å²) in [5.41, 5.74) is 9.72. The lowest BCUT2D eigenvalue weighted by Crippen LogP contribution is -2.11. The molecule has 3 aromatic rings. The lowest BCUT2D eigenvalue weighted by atomic mass is 10.2. The zero-order chi connectivity index (χ0) is 21.0. The second-order valence-electron chi connectivity index (χ2n) is 7.17. The van der Waals surface area contributed by atoms with Crippen LogP contribution >= 0.6 is 0 Å². The number of rotatable bonds is 9. The third-order valence-corrected chi connectivity index (χ3v) is 6.97. The molecule has 7 nitrogen and oxygen atoms in total. The number of sulfone groups is 1. The van der Waals surface area contributed by atoms with Crippen molar-refractivity contribution in [3.8, 4) is 0 Å². The van der Waals surface area contributed by atoms with Gasteiger partial charge in [0.15, 0.2) is 15.7 Å². The summed E-state index contributed by atoms with van der Waals surface area (Å²) in [6, 6.07) is 8.59. The summed E-state index contributed by atoms with van der Waals surface area (Å²) >= 11 is 0. The second kappa shape index (κ2) is 8.92. The van der Waals surface area contributed by atoms with Crippen LogP contribution in [-0.4, -0.2) is 42.4 Å². The Morgan fingerprint density at radius 3 is 2.52 bits per heavy atom. The Hall–Kier alpha value is -2.45. The Morgan fingerprint density at radius 1 is 1.10 bits per heavy atom. The number of imidazole rings is 1. The lowest BCUT2D eigenvalue weighted by Gasteiger charge is -2.12. The van der Waals surface area contributed by atoms with Gasteiger partial charge in [0.2, 0.25) is 0 Å². The second-order valence-corrected chi connectivity index (χ2v) is 9.28. The van der Waals surface area contributed by atoms with Gasteiger partial charge in [0, 0.05) is 25.8 Å². The van der Waals surface area contributed by atoms with Gasteiger partial charge in [0.05, 0.1) is 22.8 Å². The maximum atomic E-state index is 12.5. The van der Waals surface area contributed by atoms with Crippen molar-refractivity contribution in [1.82, 2.24) is 14.5 Å². The van der Waals surface area contributed by atoms with Crippen molar-refractivity contribution in [1.29, 1.82) is 0 Å². The van der Waals surface area contributed by atoms with E-state index < -0.39 is 9.84 Å². The van der Waals surface area contributed by atoms with E-state index in [-0.39, 0.29) is 5.75 Å². The van der Waals surface area contributed by atoms with Crippen LogP contribution in [0.3, 0.4) is 0 Å². The van der Waals surface area contributed by atoms with Crippen molar-refractivity contribution in [3.05, 3.63) is 47.4 Å². The van der Waals surface area contributed by atoms with Crippen LogP contribution in [0, 0.1) is 13.8 Å². The highest BCUT2D eigenvalue weighted by Gasteiger charge is 2.18. The fraction of sp³-hybridized carbons (Fsp3) is 0.429. The van der Waals surface area contributed by atoms with Gasteiger partial charge in [0.1, 0.15) is 11.3 Å². The van der Waals surface area contributed by atoms with E-state index in [9.17, 15) is 8.42 Å². The zero-order valence-electron chi connectivity index (χ0n) is 17.2. The summed E-state index contributed by atoms with van der Waals surface area (Å²) in [7, 11) is -1.61. The first-order valence-electron chi connectivity index (χ1n) is 9.73. The smallest absolute Gasteiger partial charge is 0.178 e. The highest BCUT2D eigenvalue weighted by molar-refractivity contribution is 7.91. The summed E-state index contributed by atoms with van der Waals surface area (Å²) in [6.45, 7) is 5.17. The molecule has 0 spiro atoms. The molecule has 0 atom stereocenters. The summed E-state index contributed by atoms with van der Waals surface area (Å²) < 4.78 is 32.4. The number of hydrogen-bond donors (Lipinski definition) is 1. The van der Waals surface area contributed by atoms with Crippen molar-refractivity contribution in [2.24, 2.45) is 0 Å². The van der Waals surface area contributed by atoms with Crippen LogP contribution < -0.4 is 5.73 Å². The number of fused-ring (bicyclic) bond motifs is 1. The predicted molar refractivity (Wildman–Crippen MR) is 115 cm³/mol. The minimum Gasteiger partial charge on any atom is -0.384 e. The Labute approximate surface area is 171 Å². The fourth-order valence-electron chi connectivity index (χ4n) is 3.48. The number of nitrogen functional groups attached to an aromatic ring is 1. The van der Waals surface area contributed by atoms with Gasteiger partial charge in [-0.3, -0.25) is 0 Å². The van der Waals surface area contributed by atoms with Crippen molar-refractivity contribution in [3.63, 3.8) is 0 Å². The highest BCUT2D eigenvalue weighted by Crippen LogP contribution is 2.27. The SMILES string of the molecule is COCCc1nc2c(N)nc(C)c(C)c2n1CCCCS(=O)(=O)c1ccccc1. The van der Waals surface area contributed by atoms with Crippen LogP contribution in [0.15, 0.2) is 35.2 Å². The number of nitrogens with zero attached hydrogens (tertiary/aromatic N) is 3. The van der Waals surface area contributed by atoms with Gasteiger partial charge in [-0.15, -0.1) is 0 Å². The van der Waals surface area contributed by atoms with Crippen LogP contribution in [0.4, 0.5) is 5.82 Å². The third-order valence-electron chi connectivity index (χ3n) is 5.15. The van der Waals surface area contributed by atoms with E-state index in [0.29, 0.717) is 42.2 Å². The van der Waals surface area contributed by atoms with Crippen molar-refractivity contribution in [2.75, 3.05) is 25.2 Å². The molecule has 0 aliphatic rings. The molecule has 0 radical (unpaired) electrons. The maximum absolute atomic E-state index is 12.5. The van der Waals surface area contributed by atoms with Crippen LogP contribution in [0.25, 0.3) is 11.0 Å². The number of nitrogens with two attached hydrogens (primary N) is 1. The van der Waals surface area contributed by atoms with Gasteiger partial charge >= 0.3 is 0 Å². The number of benzene rings is 1. The zero-order valence-corrected chi connectivity index (χ0v) is 18.0. The van der Waals surface area contributed by atoms with Crippen LogP contribution in [-0.2, 0) is 27.5 Å². The van der Waals surface area contributed by atoms with E-state index >= 15 is 0 Å². The summed E-state index contributed by atoms with van der Waals surface area (Å²) in [5, 5.41) is 0. The molecule has 2 heterocycles. The minimum absolute atomic E-state index is 0.124. The number of methoxy groups -OCH3 is 1. The molecule has 3 rings (SSSR count). The molecule has 2 aromatic heterocycles.